The van der Waals surface area contributed by atoms with E-state index in [9.17, 15) is 0 Å². The minimum absolute atomic E-state index is 0.902. The van der Waals surface area contributed by atoms with Gasteiger partial charge in [0.1, 0.15) is 11.3 Å². The number of unbranched alkanes of at least 4 members (excludes halogenated alkanes) is 1. The molecular formula is C13H16O2. The number of benzene rings is 1. The molecule has 0 aliphatic carbocycles. The summed E-state index contributed by atoms with van der Waals surface area (Å²) < 4.78 is 11.2. The van der Waals surface area contributed by atoms with Gasteiger partial charge in [0.25, 0.3) is 0 Å². The van der Waals surface area contributed by atoms with E-state index in [2.05, 4.69) is 6.92 Å². The first kappa shape index (κ1) is 10.1. The number of furan rings is 1. The fourth-order valence-corrected chi connectivity index (χ4v) is 1.80. The van der Waals surface area contributed by atoms with Gasteiger partial charge in [-0.05, 0) is 18.6 Å². The number of methoxy groups -OCH3 is 1. The fraction of sp³-hybridized carbons (Fsp3) is 0.385. The number of ether oxygens (including phenoxy) is 1. The van der Waals surface area contributed by atoms with Crippen molar-refractivity contribution < 1.29 is 9.15 Å². The van der Waals surface area contributed by atoms with Crippen LogP contribution in [0.5, 0.6) is 5.75 Å². The second-order valence-electron chi connectivity index (χ2n) is 3.66. The second-order valence-corrected chi connectivity index (χ2v) is 3.66. The van der Waals surface area contributed by atoms with E-state index in [-0.39, 0.29) is 0 Å². The maximum atomic E-state index is 5.77. The highest BCUT2D eigenvalue weighted by Gasteiger charge is 2.13. The zero-order chi connectivity index (χ0) is 10.7. The monoisotopic (exact) mass is 204 g/mol. The van der Waals surface area contributed by atoms with E-state index in [0.717, 1.165) is 35.3 Å². The van der Waals surface area contributed by atoms with Crippen LogP contribution in [0.15, 0.2) is 28.7 Å². The van der Waals surface area contributed by atoms with Crippen molar-refractivity contribution in [3.8, 4) is 5.75 Å². The van der Waals surface area contributed by atoms with E-state index in [1.54, 1.807) is 7.11 Å². The summed E-state index contributed by atoms with van der Waals surface area (Å²) in [6.45, 7) is 2.18. The third-order valence-corrected chi connectivity index (χ3v) is 2.58. The van der Waals surface area contributed by atoms with Crippen molar-refractivity contribution in [2.45, 2.75) is 26.2 Å². The molecule has 0 aliphatic rings. The molecule has 0 aliphatic heterocycles. The fourth-order valence-electron chi connectivity index (χ4n) is 1.80. The molecule has 2 nitrogen and oxygen atoms in total. The van der Waals surface area contributed by atoms with Crippen molar-refractivity contribution in [1.82, 2.24) is 0 Å². The minimum atomic E-state index is 0.902. The maximum Gasteiger partial charge on any atom is 0.168 e. The highest BCUT2D eigenvalue weighted by Crippen LogP contribution is 2.33. The largest absolute Gasteiger partial charge is 0.492 e. The number of hydrogen-bond donors (Lipinski definition) is 0. The molecule has 0 unspecified atom stereocenters. The molecule has 0 spiro atoms. The van der Waals surface area contributed by atoms with E-state index in [0.29, 0.717) is 0 Å². The first-order valence-corrected chi connectivity index (χ1v) is 5.41. The number of fused-ring (bicyclic) bond motifs is 1. The predicted molar refractivity (Wildman–Crippen MR) is 61.4 cm³/mol. The SMILES string of the molecule is CCCCc1oc2ccccc2c1OC. The lowest BCUT2D eigenvalue weighted by Crippen LogP contribution is -1.87. The van der Waals surface area contributed by atoms with Crippen molar-refractivity contribution >= 4 is 11.0 Å². The molecular weight excluding hydrogens is 188 g/mol. The van der Waals surface area contributed by atoms with Gasteiger partial charge >= 0.3 is 0 Å². The molecule has 0 radical (unpaired) electrons. The van der Waals surface area contributed by atoms with Gasteiger partial charge in [-0.3, -0.25) is 0 Å². The van der Waals surface area contributed by atoms with Gasteiger partial charge in [0, 0.05) is 6.42 Å². The summed E-state index contributed by atoms with van der Waals surface area (Å²) in [5, 5.41) is 1.08. The highest BCUT2D eigenvalue weighted by molar-refractivity contribution is 5.85. The van der Waals surface area contributed by atoms with Crippen molar-refractivity contribution in [2.75, 3.05) is 7.11 Å². The molecule has 1 heterocycles. The summed E-state index contributed by atoms with van der Waals surface area (Å²) in [5.74, 6) is 1.87. The second kappa shape index (κ2) is 4.39. The number of para-hydroxylation sites is 1. The van der Waals surface area contributed by atoms with E-state index in [1.807, 2.05) is 24.3 Å². The molecule has 2 rings (SSSR count). The van der Waals surface area contributed by atoms with E-state index in [1.165, 1.54) is 6.42 Å². The van der Waals surface area contributed by atoms with Crippen molar-refractivity contribution in [3.63, 3.8) is 0 Å². The Morgan fingerprint density at radius 2 is 2.07 bits per heavy atom. The molecule has 0 bridgehead atoms. The normalized spacial score (nSPS) is 10.8. The molecule has 0 fully saturated rings. The van der Waals surface area contributed by atoms with Crippen molar-refractivity contribution in [3.05, 3.63) is 30.0 Å². The van der Waals surface area contributed by atoms with Gasteiger partial charge in [-0.1, -0.05) is 25.5 Å². The van der Waals surface area contributed by atoms with E-state index >= 15 is 0 Å². The zero-order valence-corrected chi connectivity index (χ0v) is 9.25. The summed E-state index contributed by atoms with van der Waals surface area (Å²) in [5.41, 5.74) is 0.917. The summed E-state index contributed by atoms with van der Waals surface area (Å²) in [6.07, 6.45) is 3.25. The smallest absolute Gasteiger partial charge is 0.168 e. The lowest BCUT2D eigenvalue weighted by Gasteiger charge is -1.99. The van der Waals surface area contributed by atoms with Gasteiger partial charge in [0.2, 0.25) is 0 Å². The molecule has 1 aromatic carbocycles. The van der Waals surface area contributed by atoms with Gasteiger partial charge in [0.15, 0.2) is 5.75 Å². The van der Waals surface area contributed by atoms with Crippen molar-refractivity contribution in [2.24, 2.45) is 0 Å². The Labute approximate surface area is 89.8 Å². The maximum absolute atomic E-state index is 5.77. The Hall–Kier alpha value is -1.44. The van der Waals surface area contributed by atoms with Crippen molar-refractivity contribution in [1.29, 1.82) is 0 Å². The Balaban J connectivity index is 2.44. The lowest BCUT2D eigenvalue weighted by molar-refractivity contribution is 0.394. The van der Waals surface area contributed by atoms with Crippen LogP contribution in [0, 0.1) is 0 Å². The summed E-state index contributed by atoms with van der Waals surface area (Å²) in [6, 6.07) is 8.00. The average Bonchev–Trinajstić information content (AvgIpc) is 2.63. The predicted octanol–water partition coefficient (Wildman–Crippen LogP) is 3.78. The Kier molecular flexibility index (Phi) is 2.95. The standard InChI is InChI=1S/C13H16O2/c1-3-4-8-12-13(14-2)10-7-5-6-9-11(10)15-12/h5-7,9H,3-4,8H2,1-2H3. The third-order valence-electron chi connectivity index (χ3n) is 2.58. The molecule has 0 saturated heterocycles. The molecule has 2 heteroatoms. The molecule has 2 aromatic rings. The van der Waals surface area contributed by atoms with Crippen LogP contribution in [0.25, 0.3) is 11.0 Å². The van der Waals surface area contributed by atoms with Crippen LogP contribution in [0.2, 0.25) is 0 Å². The van der Waals surface area contributed by atoms with Gasteiger partial charge in [0.05, 0.1) is 12.5 Å². The Bertz CT molecular complexity index is 443. The first-order chi connectivity index (χ1) is 7.36. The van der Waals surface area contributed by atoms with Gasteiger partial charge < -0.3 is 9.15 Å². The molecule has 1 aromatic heterocycles. The van der Waals surface area contributed by atoms with Crippen LogP contribution in [-0.2, 0) is 6.42 Å². The summed E-state index contributed by atoms with van der Waals surface area (Å²) in [7, 11) is 1.70. The quantitative estimate of drug-likeness (QED) is 0.756. The minimum Gasteiger partial charge on any atom is -0.492 e. The van der Waals surface area contributed by atoms with Gasteiger partial charge in [-0.15, -0.1) is 0 Å². The average molecular weight is 204 g/mol. The Morgan fingerprint density at radius 1 is 1.27 bits per heavy atom. The first-order valence-electron chi connectivity index (χ1n) is 5.41. The molecule has 0 amide bonds. The Morgan fingerprint density at radius 3 is 2.80 bits per heavy atom. The van der Waals surface area contributed by atoms with Gasteiger partial charge in [-0.2, -0.15) is 0 Å². The molecule has 15 heavy (non-hydrogen) atoms. The molecule has 0 N–H and O–H groups in total. The summed E-state index contributed by atoms with van der Waals surface area (Å²) in [4.78, 5) is 0. The van der Waals surface area contributed by atoms with Gasteiger partial charge in [-0.25, -0.2) is 0 Å². The van der Waals surface area contributed by atoms with E-state index in [4.69, 9.17) is 9.15 Å². The number of hydrogen-bond acceptors (Lipinski definition) is 2. The highest BCUT2D eigenvalue weighted by atomic mass is 16.5. The van der Waals surface area contributed by atoms with Crippen LogP contribution in [0.3, 0.4) is 0 Å². The lowest BCUT2D eigenvalue weighted by atomic mass is 10.2. The van der Waals surface area contributed by atoms with E-state index < -0.39 is 0 Å². The van der Waals surface area contributed by atoms with Crippen LogP contribution >= 0.6 is 0 Å². The molecule has 0 saturated carbocycles. The van der Waals surface area contributed by atoms with Crippen LogP contribution in [0.4, 0.5) is 0 Å². The third kappa shape index (κ3) is 1.84. The zero-order valence-electron chi connectivity index (χ0n) is 9.25. The number of aryl methyl sites for hydroxylation is 1. The molecule has 80 valence electrons. The summed E-state index contributed by atoms with van der Waals surface area (Å²) >= 11 is 0. The topological polar surface area (TPSA) is 22.4 Å². The van der Waals surface area contributed by atoms with Crippen LogP contribution in [0.1, 0.15) is 25.5 Å². The number of rotatable bonds is 4. The molecule has 0 atom stereocenters. The van der Waals surface area contributed by atoms with Crippen LogP contribution in [-0.4, -0.2) is 7.11 Å². The van der Waals surface area contributed by atoms with Crippen LogP contribution < -0.4 is 4.74 Å².